The van der Waals surface area contributed by atoms with Crippen molar-refractivity contribution in [3.05, 3.63) is 288 Å². The van der Waals surface area contributed by atoms with E-state index < -0.39 is 43.9 Å². The Hall–Kier alpha value is -11.0. The van der Waals surface area contributed by atoms with Crippen molar-refractivity contribution in [1.82, 2.24) is 0 Å². The summed E-state index contributed by atoms with van der Waals surface area (Å²) in [6.45, 7) is 0. The molecule has 0 aromatic heterocycles. The van der Waals surface area contributed by atoms with E-state index in [-0.39, 0.29) is 11.4 Å². The maximum atomic E-state index is 16.0. The van der Waals surface area contributed by atoms with Crippen LogP contribution < -0.4 is 48.0 Å². The van der Waals surface area contributed by atoms with Crippen LogP contribution in [-0.2, 0) is 0 Å². The van der Waals surface area contributed by atoms with Crippen molar-refractivity contribution in [3.63, 3.8) is 0 Å². The van der Waals surface area contributed by atoms with E-state index in [0.29, 0.717) is 17.1 Å². The maximum absolute atomic E-state index is 16.0. The number of anilines is 12. The second-order valence-corrected chi connectivity index (χ2v) is 23.4. The van der Waals surface area contributed by atoms with Crippen molar-refractivity contribution in [3.8, 4) is 67.9 Å². The van der Waals surface area contributed by atoms with Gasteiger partial charge in [-0.05, 0) is 209 Å². The SMILES string of the molecule is C=Ic1cc(N(c2ccc(-c3ccc(N(c4ccc(OC)cc4)c4ccc(OC)cc4)cc3)cc2)c2ccc(-c3ccc(N(c4ccc(-c5ccc(N(c6ccc(OC)cc6)c6ccc(OC)cc6)cc5)cc4)c4cc(F)c(OC)c(F)c4)cc3)cc2)cc(F)c1OC. The summed E-state index contributed by atoms with van der Waals surface area (Å²) in [7, 11) is 9.32. The van der Waals surface area contributed by atoms with E-state index in [1.54, 1.807) is 28.4 Å². The Morgan fingerprint density at radius 1 is 0.237 bits per heavy atom. The first-order valence-electron chi connectivity index (χ1n) is 29.7. The molecular formula is C79H64F3IN4O6. The van der Waals surface area contributed by atoms with Crippen LogP contribution >= 0.6 is 20.7 Å². The summed E-state index contributed by atoms with van der Waals surface area (Å²) in [4.78, 5) is 8.17. The standard InChI is InChI=1S/C79H64F3IN4O6/c1-83-77-51-69(50-76(82)79(77)93-7)87(62-28-16-56(17-29-62)53-10-22-59(23-11-53)85(66-36-44-72(90-4)45-37-66)67-38-46-73(91-5)47-39-67)63-30-18-57(19-31-63)55-14-26-61(27-15-55)86(68-48-74(80)78(92-6)75(81)49-68)60-24-12-54(13-25-60)52-8-20-58(21-9-52)84(64-32-40-70(88-2)41-33-64)65-34-42-71(89-3)43-35-65/h8-51H,1H2,2-7H3. The molecule has 0 aliphatic carbocycles. The van der Waals surface area contributed by atoms with E-state index in [0.717, 1.165) is 105 Å². The molecule has 0 aliphatic heterocycles. The van der Waals surface area contributed by atoms with Crippen molar-refractivity contribution >= 4 is 93.5 Å². The molecular weight excluding hydrogens is 1280 g/mol. The summed E-state index contributed by atoms with van der Waals surface area (Å²) in [5.41, 5.74) is 15.3. The van der Waals surface area contributed by atoms with Crippen molar-refractivity contribution in [2.75, 3.05) is 62.3 Å². The smallest absolute Gasteiger partial charge is 0.190 e. The molecule has 0 N–H and O–H groups in total. The van der Waals surface area contributed by atoms with Crippen LogP contribution in [0.3, 0.4) is 0 Å². The van der Waals surface area contributed by atoms with Gasteiger partial charge in [-0.15, -0.1) is 0 Å². The van der Waals surface area contributed by atoms with E-state index in [1.165, 1.54) is 32.4 Å². The molecule has 0 saturated carbocycles. The van der Waals surface area contributed by atoms with Gasteiger partial charge in [0.2, 0.25) is 0 Å². The molecule has 0 bridgehead atoms. The number of benzene rings is 12. The first kappa shape index (κ1) is 62.2. The Labute approximate surface area is 549 Å². The topological polar surface area (TPSA) is 68.3 Å². The Morgan fingerprint density at radius 2 is 0.419 bits per heavy atom. The second-order valence-electron chi connectivity index (χ2n) is 21.4. The van der Waals surface area contributed by atoms with Gasteiger partial charge < -0.3 is 48.0 Å². The third-order valence-corrected chi connectivity index (χ3v) is 17.7. The van der Waals surface area contributed by atoms with Crippen LogP contribution in [-0.4, -0.2) is 47.2 Å². The fourth-order valence-electron chi connectivity index (χ4n) is 11.4. The summed E-state index contributed by atoms with van der Waals surface area (Å²) in [6.07, 6.45) is 0. The zero-order chi connectivity index (χ0) is 64.5. The lowest BCUT2D eigenvalue weighted by Gasteiger charge is -2.27. The van der Waals surface area contributed by atoms with Gasteiger partial charge in [-0.2, -0.15) is 0 Å². The number of rotatable bonds is 22. The zero-order valence-electron chi connectivity index (χ0n) is 51.9. The number of hydrogen-bond acceptors (Lipinski definition) is 10. The van der Waals surface area contributed by atoms with Gasteiger partial charge in [0.15, 0.2) is 29.0 Å². The van der Waals surface area contributed by atoms with Gasteiger partial charge >= 0.3 is 0 Å². The van der Waals surface area contributed by atoms with Crippen LogP contribution in [0.2, 0.25) is 0 Å². The molecule has 0 atom stereocenters. The van der Waals surface area contributed by atoms with E-state index in [2.05, 4.69) is 75.0 Å². The Kier molecular flexibility index (Phi) is 18.8. The predicted octanol–water partition coefficient (Wildman–Crippen LogP) is 21.6. The number of nitrogens with zero attached hydrogens (tertiary/aromatic N) is 4. The monoisotopic (exact) mass is 1350 g/mol. The van der Waals surface area contributed by atoms with E-state index in [9.17, 15) is 0 Å². The molecule has 10 nitrogen and oxygen atoms in total. The highest BCUT2D eigenvalue weighted by atomic mass is 127. The van der Waals surface area contributed by atoms with Crippen LogP contribution in [0.1, 0.15) is 0 Å². The van der Waals surface area contributed by atoms with Gasteiger partial charge in [0.05, 0.1) is 57.6 Å². The zero-order valence-corrected chi connectivity index (χ0v) is 54.0. The number of ether oxygens (including phenoxy) is 6. The fourth-order valence-corrected chi connectivity index (χ4v) is 12.7. The number of halogens is 4. The second kappa shape index (κ2) is 28.0. The summed E-state index contributed by atoms with van der Waals surface area (Å²) in [5.74, 6) is 0.652. The quantitative estimate of drug-likeness (QED) is 0.0613. The number of hydrogen-bond donors (Lipinski definition) is 0. The van der Waals surface area contributed by atoms with Crippen molar-refractivity contribution in [2.24, 2.45) is 0 Å². The molecule has 0 saturated heterocycles. The lowest BCUT2D eigenvalue weighted by atomic mass is 10.0. The van der Waals surface area contributed by atoms with Crippen LogP contribution in [0.25, 0.3) is 33.4 Å². The molecule has 0 spiro atoms. The van der Waals surface area contributed by atoms with Gasteiger partial charge in [0.25, 0.3) is 0 Å². The molecule has 12 aromatic rings. The predicted molar refractivity (Wildman–Crippen MR) is 381 cm³/mol. The molecule has 464 valence electrons. The molecule has 0 fully saturated rings. The van der Waals surface area contributed by atoms with Crippen molar-refractivity contribution in [1.29, 1.82) is 0 Å². The Morgan fingerprint density at radius 3 is 0.613 bits per heavy atom. The Balaban J connectivity index is 0.824. The summed E-state index contributed by atoms with van der Waals surface area (Å²) >= 11 is -0.817. The van der Waals surface area contributed by atoms with Crippen LogP contribution in [0.5, 0.6) is 34.5 Å². The van der Waals surface area contributed by atoms with Crippen LogP contribution in [0.4, 0.5) is 81.4 Å². The van der Waals surface area contributed by atoms with E-state index in [4.69, 9.17) is 28.4 Å². The highest BCUT2D eigenvalue weighted by Gasteiger charge is 2.23. The minimum absolute atomic E-state index is 0.205. The first-order chi connectivity index (χ1) is 45.5. The summed E-state index contributed by atoms with van der Waals surface area (Å²) in [6, 6.07) is 86.4. The largest absolute Gasteiger partial charge is 0.497 e. The molecule has 93 heavy (non-hydrogen) atoms. The normalized spacial score (nSPS) is 10.9. The van der Waals surface area contributed by atoms with Gasteiger partial charge in [-0.3, -0.25) is 0 Å². The highest BCUT2D eigenvalue weighted by molar-refractivity contribution is 14.2. The van der Waals surface area contributed by atoms with Gasteiger partial charge in [0, 0.05) is 75.1 Å². The summed E-state index contributed by atoms with van der Waals surface area (Å²) in [5, 5.41) is 0. The minimum Gasteiger partial charge on any atom is -0.497 e. The minimum atomic E-state index is -0.832. The van der Waals surface area contributed by atoms with E-state index >= 15 is 13.2 Å². The summed E-state index contributed by atoms with van der Waals surface area (Å²) < 4.78 is 84.7. The van der Waals surface area contributed by atoms with Gasteiger partial charge in [0.1, 0.15) is 23.0 Å². The van der Waals surface area contributed by atoms with Crippen LogP contribution in [0.15, 0.2) is 267 Å². The lowest BCUT2D eigenvalue weighted by Crippen LogP contribution is -2.11. The molecule has 0 amide bonds. The third-order valence-electron chi connectivity index (χ3n) is 16.1. The average molecular weight is 1350 g/mol. The Bertz CT molecular complexity index is 4410. The van der Waals surface area contributed by atoms with Crippen LogP contribution in [0, 0.1) is 21.0 Å². The maximum Gasteiger partial charge on any atom is 0.190 e. The molecule has 0 aliphatic rings. The lowest BCUT2D eigenvalue weighted by molar-refractivity contribution is 0.360. The third kappa shape index (κ3) is 13.3. The van der Waals surface area contributed by atoms with Crippen molar-refractivity contribution in [2.45, 2.75) is 0 Å². The number of methoxy groups -OCH3 is 6. The first-order valence-corrected chi connectivity index (χ1v) is 32.3. The fraction of sp³-hybridized carbons (Fsp3) is 0.0759. The molecule has 0 unspecified atom stereocenters. The molecule has 0 radical (unpaired) electrons. The van der Waals surface area contributed by atoms with Gasteiger partial charge in [-0.25, -0.2) is 13.2 Å². The molecule has 0 heterocycles. The van der Waals surface area contributed by atoms with Gasteiger partial charge in [-0.1, -0.05) is 98.0 Å². The molecule has 14 heteroatoms. The van der Waals surface area contributed by atoms with Crippen molar-refractivity contribution < 1.29 is 41.6 Å². The average Bonchev–Trinajstić information content (AvgIpc) is 0.869. The van der Waals surface area contributed by atoms with E-state index in [1.807, 2.05) is 198 Å². The highest BCUT2D eigenvalue weighted by Crippen LogP contribution is 2.45. The molecule has 12 aromatic carbocycles. The molecule has 12 rings (SSSR count).